The van der Waals surface area contributed by atoms with Gasteiger partial charge in [-0.05, 0) is 23.4 Å². The van der Waals surface area contributed by atoms with Crippen LogP contribution in [0.25, 0.3) is 0 Å². The number of anilines is 1. The molecule has 0 bridgehead atoms. The third-order valence-electron chi connectivity index (χ3n) is 3.54. The monoisotopic (exact) mass is 327 g/mol. The summed E-state index contributed by atoms with van der Waals surface area (Å²) < 4.78 is 29.2. The number of hydrogen-bond donors (Lipinski definition) is 0. The molecule has 0 amide bonds. The third kappa shape index (κ3) is 3.42. The molecule has 120 valence electrons. The molecule has 1 saturated heterocycles. The van der Waals surface area contributed by atoms with Gasteiger partial charge in [0.2, 0.25) is 10.0 Å². The van der Waals surface area contributed by atoms with Crippen LogP contribution in [0.15, 0.2) is 23.4 Å². The molecular formula is C13H17N3O5S. The van der Waals surface area contributed by atoms with Gasteiger partial charge in [0.25, 0.3) is 0 Å². The number of nitroso groups, excluding NO2 is 1. The van der Waals surface area contributed by atoms with E-state index >= 15 is 0 Å². The maximum absolute atomic E-state index is 11.9. The number of hydrogen-bond acceptors (Lipinski definition) is 7. The van der Waals surface area contributed by atoms with Gasteiger partial charge in [-0.15, -0.1) is 4.91 Å². The van der Waals surface area contributed by atoms with Gasteiger partial charge in [0.15, 0.2) is 0 Å². The molecule has 1 aromatic carbocycles. The number of sulfonamides is 1. The Balaban J connectivity index is 2.26. The number of methoxy groups -OCH3 is 1. The number of benzene rings is 1. The van der Waals surface area contributed by atoms with Crippen molar-refractivity contribution in [1.29, 1.82) is 0 Å². The van der Waals surface area contributed by atoms with Crippen molar-refractivity contribution >= 4 is 27.4 Å². The first-order valence-electron chi connectivity index (χ1n) is 6.62. The third-order valence-corrected chi connectivity index (χ3v) is 4.84. The van der Waals surface area contributed by atoms with Crippen LogP contribution >= 0.6 is 0 Å². The van der Waals surface area contributed by atoms with Gasteiger partial charge in [0, 0.05) is 26.2 Å². The second-order valence-corrected chi connectivity index (χ2v) is 6.92. The van der Waals surface area contributed by atoms with E-state index in [0.29, 0.717) is 31.9 Å². The zero-order valence-corrected chi connectivity index (χ0v) is 13.2. The SMILES string of the molecule is COC(=O)c1cc(N=O)ccc1N1CCN(S(C)(=O)=O)CC1. The molecule has 0 spiro atoms. The topological polar surface area (TPSA) is 96.3 Å². The zero-order valence-electron chi connectivity index (χ0n) is 12.4. The maximum Gasteiger partial charge on any atom is 0.340 e. The molecule has 1 fully saturated rings. The van der Waals surface area contributed by atoms with Crippen LogP contribution in [0.1, 0.15) is 10.4 Å². The Morgan fingerprint density at radius 1 is 1.23 bits per heavy atom. The fourth-order valence-corrected chi connectivity index (χ4v) is 3.22. The van der Waals surface area contributed by atoms with Crippen LogP contribution in [0.5, 0.6) is 0 Å². The van der Waals surface area contributed by atoms with Gasteiger partial charge in [0.1, 0.15) is 5.69 Å². The smallest absolute Gasteiger partial charge is 0.340 e. The average Bonchev–Trinajstić information content (AvgIpc) is 2.52. The molecule has 0 atom stereocenters. The normalized spacial score (nSPS) is 16.4. The predicted octanol–water partition coefficient (Wildman–Crippen LogP) is 0.953. The van der Waals surface area contributed by atoms with E-state index in [2.05, 4.69) is 5.18 Å². The molecule has 1 aliphatic rings. The summed E-state index contributed by atoms with van der Waals surface area (Å²) in [6, 6.07) is 4.51. The fraction of sp³-hybridized carbons (Fsp3) is 0.462. The van der Waals surface area contributed by atoms with Crippen LogP contribution in [0.2, 0.25) is 0 Å². The highest BCUT2D eigenvalue weighted by Gasteiger charge is 2.26. The highest BCUT2D eigenvalue weighted by atomic mass is 32.2. The van der Waals surface area contributed by atoms with E-state index in [4.69, 9.17) is 4.74 Å². The first-order valence-corrected chi connectivity index (χ1v) is 8.47. The van der Waals surface area contributed by atoms with Gasteiger partial charge in [-0.25, -0.2) is 13.2 Å². The van der Waals surface area contributed by atoms with E-state index < -0.39 is 16.0 Å². The Morgan fingerprint density at radius 2 is 1.86 bits per heavy atom. The van der Waals surface area contributed by atoms with E-state index in [9.17, 15) is 18.1 Å². The zero-order chi connectivity index (χ0) is 16.3. The molecule has 0 N–H and O–H groups in total. The van der Waals surface area contributed by atoms with Crippen LogP contribution in [-0.4, -0.2) is 58.2 Å². The number of carbonyl (C=O) groups excluding carboxylic acids is 1. The van der Waals surface area contributed by atoms with Crippen LogP contribution in [0.4, 0.5) is 11.4 Å². The van der Waals surface area contributed by atoms with Crippen LogP contribution in [0.3, 0.4) is 0 Å². The van der Waals surface area contributed by atoms with Gasteiger partial charge < -0.3 is 9.64 Å². The summed E-state index contributed by atoms with van der Waals surface area (Å²) in [5.41, 5.74) is 0.985. The lowest BCUT2D eigenvalue weighted by Gasteiger charge is -2.35. The second kappa shape index (κ2) is 6.41. The molecule has 0 radical (unpaired) electrons. The highest BCUT2D eigenvalue weighted by molar-refractivity contribution is 7.88. The molecule has 22 heavy (non-hydrogen) atoms. The Morgan fingerprint density at radius 3 is 2.36 bits per heavy atom. The summed E-state index contributed by atoms with van der Waals surface area (Å²) in [5.74, 6) is -0.564. The fourth-order valence-electron chi connectivity index (χ4n) is 2.39. The minimum absolute atomic E-state index is 0.138. The Bertz CT molecular complexity index is 681. The first-order chi connectivity index (χ1) is 10.4. The number of ether oxygens (including phenoxy) is 1. The number of piperazine rings is 1. The van der Waals surface area contributed by atoms with E-state index in [1.165, 1.54) is 29.8 Å². The van der Waals surface area contributed by atoms with E-state index in [1.807, 2.05) is 4.90 Å². The van der Waals surface area contributed by atoms with E-state index in [0.717, 1.165) is 0 Å². The van der Waals surface area contributed by atoms with Crippen molar-refractivity contribution in [3.05, 3.63) is 28.7 Å². The Labute approximate surface area is 128 Å². The quantitative estimate of drug-likeness (QED) is 0.603. The molecule has 1 aliphatic heterocycles. The number of esters is 1. The lowest BCUT2D eigenvalue weighted by Crippen LogP contribution is -2.48. The molecule has 0 aromatic heterocycles. The minimum atomic E-state index is -3.21. The van der Waals surface area contributed by atoms with Crippen molar-refractivity contribution in [2.75, 3.05) is 44.4 Å². The number of rotatable bonds is 4. The molecule has 9 heteroatoms. The van der Waals surface area contributed by atoms with Crippen molar-refractivity contribution in [2.45, 2.75) is 0 Å². The molecule has 0 saturated carbocycles. The Hall–Kier alpha value is -2.00. The molecule has 2 rings (SSSR count). The lowest BCUT2D eigenvalue weighted by atomic mass is 10.1. The van der Waals surface area contributed by atoms with Crippen molar-refractivity contribution in [1.82, 2.24) is 4.31 Å². The summed E-state index contributed by atoms with van der Waals surface area (Å²) in [5, 5.41) is 2.81. The van der Waals surface area contributed by atoms with Crippen LogP contribution in [0, 0.1) is 4.91 Å². The molecule has 1 aromatic rings. The molecule has 0 unspecified atom stereocenters. The van der Waals surface area contributed by atoms with Crippen LogP contribution < -0.4 is 4.90 Å². The number of carbonyl (C=O) groups is 1. The summed E-state index contributed by atoms with van der Waals surface area (Å²) >= 11 is 0. The van der Waals surface area contributed by atoms with Crippen molar-refractivity contribution < 1.29 is 17.9 Å². The Kier molecular flexibility index (Phi) is 4.77. The van der Waals surface area contributed by atoms with Gasteiger partial charge in [-0.1, -0.05) is 0 Å². The van der Waals surface area contributed by atoms with Crippen molar-refractivity contribution in [2.24, 2.45) is 5.18 Å². The summed E-state index contributed by atoms with van der Waals surface area (Å²) in [4.78, 5) is 24.4. The van der Waals surface area contributed by atoms with E-state index in [1.54, 1.807) is 6.07 Å². The molecule has 0 aliphatic carbocycles. The standard InChI is InChI=1S/C13H17N3O5S/c1-21-13(17)11-9-10(14-18)3-4-12(11)15-5-7-16(8-6-15)22(2,19)20/h3-4,9H,5-8H2,1-2H3. The molecular weight excluding hydrogens is 310 g/mol. The van der Waals surface area contributed by atoms with Gasteiger partial charge in [-0.2, -0.15) is 4.31 Å². The summed E-state index contributed by atoms with van der Waals surface area (Å²) in [6.07, 6.45) is 1.17. The average molecular weight is 327 g/mol. The predicted molar refractivity (Wildman–Crippen MR) is 81.9 cm³/mol. The van der Waals surface area contributed by atoms with Gasteiger partial charge >= 0.3 is 5.97 Å². The maximum atomic E-state index is 11.9. The van der Waals surface area contributed by atoms with E-state index in [-0.39, 0.29) is 11.3 Å². The van der Waals surface area contributed by atoms with Crippen molar-refractivity contribution in [3.63, 3.8) is 0 Å². The first kappa shape index (κ1) is 16.4. The van der Waals surface area contributed by atoms with Crippen LogP contribution in [-0.2, 0) is 14.8 Å². The minimum Gasteiger partial charge on any atom is -0.465 e. The molecule has 8 nitrogen and oxygen atoms in total. The second-order valence-electron chi connectivity index (χ2n) is 4.93. The number of nitrogens with zero attached hydrogens (tertiary/aromatic N) is 3. The summed E-state index contributed by atoms with van der Waals surface area (Å²) in [7, 11) is -1.96. The summed E-state index contributed by atoms with van der Waals surface area (Å²) in [6.45, 7) is 1.58. The van der Waals surface area contributed by atoms with Crippen molar-refractivity contribution in [3.8, 4) is 0 Å². The molecule has 1 heterocycles. The van der Waals surface area contributed by atoms with Gasteiger partial charge in [-0.3, -0.25) is 0 Å². The highest BCUT2D eigenvalue weighted by Crippen LogP contribution is 2.27. The van der Waals surface area contributed by atoms with Gasteiger partial charge in [0.05, 0.1) is 24.6 Å². The largest absolute Gasteiger partial charge is 0.465 e. The lowest BCUT2D eigenvalue weighted by molar-refractivity contribution is 0.0601.